The van der Waals surface area contributed by atoms with Crippen LogP contribution in [-0.4, -0.2) is 21.7 Å². The van der Waals surface area contributed by atoms with Crippen LogP contribution in [0.4, 0.5) is 22.0 Å². The summed E-state index contributed by atoms with van der Waals surface area (Å²) in [5, 5.41) is 10.1. The van der Waals surface area contributed by atoms with Gasteiger partial charge in [-0.15, -0.1) is 0 Å². The van der Waals surface area contributed by atoms with Crippen molar-refractivity contribution in [1.82, 2.24) is 0 Å². The molecule has 0 amide bonds. The summed E-state index contributed by atoms with van der Waals surface area (Å²) < 4.78 is 69.4. The van der Waals surface area contributed by atoms with Crippen molar-refractivity contribution >= 4 is 15.9 Å². The number of ether oxygens (including phenoxy) is 1. The topological polar surface area (TPSA) is 29.5 Å². The van der Waals surface area contributed by atoms with E-state index in [2.05, 4.69) is 15.9 Å². The van der Waals surface area contributed by atoms with Crippen LogP contribution in [0.15, 0.2) is 18.2 Å². The van der Waals surface area contributed by atoms with Gasteiger partial charge in [-0.3, -0.25) is 0 Å². The third-order valence-corrected chi connectivity index (χ3v) is 4.96. The Morgan fingerprint density at radius 2 is 1.76 bits per heavy atom. The zero-order valence-electron chi connectivity index (χ0n) is 11.0. The Kier molecular flexibility index (Phi) is 3.77. The largest absolute Gasteiger partial charge is 0.486 e. The van der Waals surface area contributed by atoms with E-state index in [0.717, 1.165) is 6.07 Å². The van der Waals surface area contributed by atoms with Crippen LogP contribution in [0.2, 0.25) is 0 Å². The molecule has 21 heavy (non-hydrogen) atoms. The third-order valence-electron chi connectivity index (χ3n) is 3.36. The predicted molar refractivity (Wildman–Crippen MR) is 68.8 cm³/mol. The first-order chi connectivity index (χ1) is 9.38. The lowest BCUT2D eigenvalue weighted by Crippen LogP contribution is -2.45. The Morgan fingerprint density at radius 3 is 2.29 bits per heavy atom. The van der Waals surface area contributed by atoms with Crippen molar-refractivity contribution in [3.8, 4) is 5.75 Å². The van der Waals surface area contributed by atoms with Crippen molar-refractivity contribution in [3.63, 3.8) is 0 Å². The number of benzene rings is 1. The van der Waals surface area contributed by atoms with E-state index in [-0.39, 0.29) is 11.3 Å². The molecule has 1 heterocycles. The lowest BCUT2D eigenvalue weighted by Gasteiger charge is -2.40. The molecule has 0 saturated carbocycles. The molecular formula is C13H12BrF5O2. The van der Waals surface area contributed by atoms with Crippen LogP contribution >= 0.6 is 15.9 Å². The second-order valence-electron chi connectivity index (χ2n) is 5.38. The SMILES string of the molecule is CC1(C)Oc2ccc(C(F)(F)C(F)(F)F)cc2C(O)C1Br. The maximum Gasteiger partial charge on any atom is 0.458 e. The number of alkyl halides is 6. The van der Waals surface area contributed by atoms with Crippen LogP contribution in [0.3, 0.4) is 0 Å². The van der Waals surface area contributed by atoms with E-state index in [0.29, 0.717) is 12.1 Å². The standard InChI is InChI=1S/C13H12BrF5O2/c1-11(2)10(14)9(20)7-5-6(3-4-8(7)21-11)12(15,16)13(17,18)19/h3-5,9-10,20H,1-2H3. The summed E-state index contributed by atoms with van der Waals surface area (Å²) in [6.07, 6.45) is -6.96. The van der Waals surface area contributed by atoms with Crippen molar-refractivity contribution < 1.29 is 31.8 Å². The minimum Gasteiger partial charge on any atom is -0.486 e. The van der Waals surface area contributed by atoms with Crippen LogP contribution in [0, 0.1) is 0 Å². The fourth-order valence-electron chi connectivity index (χ4n) is 2.11. The number of fused-ring (bicyclic) bond motifs is 1. The van der Waals surface area contributed by atoms with Crippen LogP contribution < -0.4 is 4.74 Å². The number of aliphatic hydroxyl groups is 1. The molecule has 0 saturated heterocycles. The Morgan fingerprint density at radius 1 is 1.19 bits per heavy atom. The molecule has 0 aliphatic carbocycles. The van der Waals surface area contributed by atoms with Gasteiger partial charge < -0.3 is 9.84 Å². The molecule has 0 bridgehead atoms. The van der Waals surface area contributed by atoms with Gasteiger partial charge in [0.25, 0.3) is 0 Å². The average molecular weight is 375 g/mol. The van der Waals surface area contributed by atoms with Crippen molar-refractivity contribution in [3.05, 3.63) is 29.3 Å². The van der Waals surface area contributed by atoms with Gasteiger partial charge in [0.15, 0.2) is 0 Å². The Labute approximate surface area is 126 Å². The molecule has 2 atom stereocenters. The molecule has 2 nitrogen and oxygen atoms in total. The summed E-state index contributed by atoms with van der Waals surface area (Å²) in [4.78, 5) is -0.646. The molecule has 0 spiro atoms. The third kappa shape index (κ3) is 2.63. The van der Waals surface area contributed by atoms with Crippen molar-refractivity contribution in [2.24, 2.45) is 0 Å². The van der Waals surface area contributed by atoms with E-state index in [9.17, 15) is 27.1 Å². The Balaban J connectivity index is 2.51. The Bertz CT molecular complexity index is 556. The second kappa shape index (κ2) is 4.81. The number of hydrogen-bond acceptors (Lipinski definition) is 2. The van der Waals surface area contributed by atoms with Crippen LogP contribution in [0.5, 0.6) is 5.75 Å². The second-order valence-corrected chi connectivity index (χ2v) is 6.36. The molecule has 8 heteroatoms. The zero-order valence-corrected chi connectivity index (χ0v) is 12.6. The molecule has 1 aliphatic rings. The van der Waals surface area contributed by atoms with Gasteiger partial charge in [-0.1, -0.05) is 15.9 Å². The van der Waals surface area contributed by atoms with Crippen LogP contribution in [0.1, 0.15) is 31.1 Å². The maximum absolute atomic E-state index is 13.4. The first-order valence-corrected chi connectivity index (χ1v) is 6.89. The van der Waals surface area contributed by atoms with Gasteiger partial charge in [-0.05, 0) is 32.0 Å². The predicted octanol–water partition coefficient (Wildman–Crippen LogP) is 4.31. The van der Waals surface area contributed by atoms with Gasteiger partial charge in [-0.25, -0.2) is 0 Å². The molecule has 1 N–H and O–H groups in total. The summed E-state index contributed by atoms with van der Waals surface area (Å²) in [7, 11) is 0. The first-order valence-electron chi connectivity index (χ1n) is 5.98. The maximum atomic E-state index is 13.4. The lowest BCUT2D eigenvalue weighted by molar-refractivity contribution is -0.289. The molecule has 0 aromatic heterocycles. The highest BCUT2D eigenvalue weighted by molar-refractivity contribution is 9.09. The fourth-order valence-corrected chi connectivity index (χ4v) is 2.49. The van der Waals surface area contributed by atoms with Gasteiger partial charge in [0.1, 0.15) is 11.4 Å². The minimum atomic E-state index is -5.70. The van der Waals surface area contributed by atoms with E-state index in [1.54, 1.807) is 13.8 Å². The number of aliphatic hydroxyl groups excluding tert-OH is 1. The quantitative estimate of drug-likeness (QED) is 0.586. The number of rotatable bonds is 1. The average Bonchev–Trinajstić information content (AvgIpc) is 2.34. The molecule has 1 aliphatic heterocycles. The van der Waals surface area contributed by atoms with Crippen LogP contribution in [-0.2, 0) is 5.92 Å². The van der Waals surface area contributed by atoms with Gasteiger partial charge in [-0.2, -0.15) is 22.0 Å². The van der Waals surface area contributed by atoms with E-state index in [4.69, 9.17) is 4.74 Å². The van der Waals surface area contributed by atoms with Crippen molar-refractivity contribution in [2.45, 2.75) is 42.5 Å². The van der Waals surface area contributed by atoms with Crippen molar-refractivity contribution in [2.75, 3.05) is 0 Å². The molecule has 0 fully saturated rings. The summed E-state index contributed by atoms with van der Waals surface area (Å²) in [5.74, 6) is -4.90. The number of hydrogen-bond donors (Lipinski definition) is 1. The van der Waals surface area contributed by atoms with E-state index in [1.807, 2.05) is 0 Å². The summed E-state index contributed by atoms with van der Waals surface area (Å²) in [6, 6.07) is 2.31. The smallest absolute Gasteiger partial charge is 0.458 e. The minimum absolute atomic E-state index is 0.0879. The van der Waals surface area contributed by atoms with Gasteiger partial charge >= 0.3 is 12.1 Å². The molecule has 0 radical (unpaired) electrons. The molecule has 118 valence electrons. The van der Waals surface area contributed by atoms with E-state index < -0.39 is 34.2 Å². The summed E-state index contributed by atoms with van der Waals surface area (Å²) >= 11 is 3.17. The first kappa shape index (κ1) is 16.5. The highest BCUT2D eigenvalue weighted by atomic mass is 79.9. The monoisotopic (exact) mass is 374 g/mol. The van der Waals surface area contributed by atoms with Gasteiger partial charge in [0, 0.05) is 11.1 Å². The molecule has 1 aromatic rings. The molecule has 2 rings (SSSR count). The normalized spacial score (nSPS) is 25.2. The van der Waals surface area contributed by atoms with Gasteiger partial charge in [0.05, 0.1) is 10.9 Å². The van der Waals surface area contributed by atoms with Gasteiger partial charge in [0.2, 0.25) is 0 Å². The number of halogens is 6. The molecule has 2 unspecified atom stereocenters. The van der Waals surface area contributed by atoms with E-state index >= 15 is 0 Å². The highest BCUT2D eigenvalue weighted by Crippen LogP contribution is 2.48. The molecular weight excluding hydrogens is 363 g/mol. The van der Waals surface area contributed by atoms with Crippen molar-refractivity contribution in [1.29, 1.82) is 0 Å². The lowest BCUT2D eigenvalue weighted by atomic mass is 9.90. The van der Waals surface area contributed by atoms with E-state index in [1.165, 1.54) is 0 Å². The zero-order chi connectivity index (χ0) is 16.2. The fraction of sp³-hybridized carbons (Fsp3) is 0.538. The van der Waals surface area contributed by atoms with Crippen LogP contribution in [0.25, 0.3) is 0 Å². The molecule has 1 aromatic carbocycles. The highest BCUT2D eigenvalue weighted by Gasteiger charge is 2.59. The summed E-state index contributed by atoms with van der Waals surface area (Å²) in [6.45, 7) is 3.33. The Hall–Kier alpha value is -0.890. The summed E-state index contributed by atoms with van der Waals surface area (Å²) in [5.41, 5.74) is -2.16.